The summed E-state index contributed by atoms with van der Waals surface area (Å²) in [6.45, 7) is 0.193. The Morgan fingerprint density at radius 3 is 2.39 bits per heavy atom. The van der Waals surface area contributed by atoms with Gasteiger partial charge in [0.2, 0.25) is 5.91 Å². The van der Waals surface area contributed by atoms with Gasteiger partial charge in [0.05, 0.1) is 7.11 Å². The molecular weight excluding hydrogens is 372 g/mol. The Labute approximate surface area is 169 Å². The monoisotopic (exact) mass is 398 g/mol. The summed E-state index contributed by atoms with van der Waals surface area (Å²) in [4.78, 5) is 13.0. The minimum Gasteiger partial charge on any atom is -0.497 e. The predicted molar refractivity (Wildman–Crippen MR) is 108 cm³/mol. The van der Waals surface area contributed by atoms with Gasteiger partial charge in [-0.25, -0.2) is 0 Å². The second-order valence-corrected chi connectivity index (χ2v) is 9.30. The largest absolute Gasteiger partial charge is 0.497 e. The summed E-state index contributed by atoms with van der Waals surface area (Å²) in [6.07, 6.45) is 7.53. The van der Waals surface area contributed by atoms with Crippen molar-refractivity contribution in [1.29, 1.82) is 0 Å². The summed E-state index contributed by atoms with van der Waals surface area (Å²) in [5.41, 5.74) is 0.911. The number of carbonyl (C=O) groups excluding carboxylic acids is 1. The van der Waals surface area contributed by atoms with E-state index in [0.717, 1.165) is 48.3 Å². The molecule has 0 aliphatic heterocycles. The van der Waals surface area contributed by atoms with Crippen LogP contribution in [-0.4, -0.2) is 33.3 Å². The lowest BCUT2D eigenvalue weighted by Crippen LogP contribution is -2.60. The number of aromatic nitrogens is 3. The van der Waals surface area contributed by atoms with Crippen molar-refractivity contribution in [2.75, 3.05) is 7.11 Å². The van der Waals surface area contributed by atoms with E-state index in [9.17, 15) is 4.79 Å². The third kappa shape index (κ3) is 3.15. The van der Waals surface area contributed by atoms with E-state index in [4.69, 9.17) is 17.0 Å². The fraction of sp³-hybridized carbons (Fsp3) is 0.571. The fourth-order valence-corrected chi connectivity index (χ4v) is 6.36. The van der Waals surface area contributed by atoms with E-state index >= 15 is 0 Å². The molecule has 4 aliphatic carbocycles. The molecule has 4 saturated carbocycles. The predicted octanol–water partition coefficient (Wildman–Crippen LogP) is 3.70. The van der Waals surface area contributed by atoms with Crippen molar-refractivity contribution in [2.24, 2.45) is 17.8 Å². The molecule has 1 aromatic heterocycles. The second-order valence-electron chi connectivity index (χ2n) is 8.91. The Kier molecular flexibility index (Phi) is 4.30. The minimum absolute atomic E-state index is 0.0119. The highest BCUT2D eigenvalue weighted by Gasteiger charge is 2.51. The molecule has 2 aromatic rings. The van der Waals surface area contributed by atoms with Crippen molar-refractivity contribution in [3.8, 4) is 17.1 Å². The zero-order chi connectivity index (χ0) is 19.3. The lowest BCUT2D eigenvalue weighted by atomic mass is 9.53. The number of hydrogen-bond donors (Lipinski definition) is 2. The summed E-state index contributed by atoms with van der Waals surface area (Å²) in [6, 6.07) is 7.62. The van der Waals surface area contributed by atoms with Crippen molar-refractivity contribution in [1.82, 2.24) is 20.1 Å². The molecule has 4 fully saturated rings. The number of benzene rings is 1. The van der Waals surface area contributed by atoms with Gasteiger partial charge in [-0.15, -0.1) is 0 Å². The topological polar surface area (TPSA) is 71.9 Å². The maximum Gasteiger partial charge on any atom is 0.240 e. The number of ether oxygens (including phenoxy) is 1. The number of hydrogen-bond acceptors (Lipinski definition) is 4. The van der Waals surface area contributed by atoms with Gasteiger partial charge >= 0.3 is 0 Å². The Morgan fingerprint density at radius 1 is 1.21 bits per heavy atom. The number of carbonyl (C=O) groups is 1. The number of methoxy groups -OCH3 is 1. The van der Waals surface area contributed by atoms with Crippen LogP contribution < -0.4 is 10.1 Å². The van der Waals surface area contributed by atoms with E-state index in [-0.39, 0.29) is 18.0 Å². The van der Waals surface area contributed by atoms with Gasteiger partial charge in [-0.2, -0.15) is 5.10 Å². The highest BCUT2D eigenvalue weighted by Crippen LogP contribution is 2.55. The first-order chi connectivity index (χ1) is 13.5. The minimum atomic E-state index is 0.0119. The van der Waals surface area contributed by atoms with Gasteiger partial charge in [0, 0.05) is 11.1 Å². The maximum atomic E-state index is 13.0. The molecule has 28 heavy (non-hydrogen) atoms. The number of nitrogens with zero attached hydrogens (tertiary/aromatic N) is 2. The van der Waals surface area contributed by atoms with Crippen LogP contribution in [0.25, 0.3) is 11.4 Å². The van der Waals surface area contributed by atoms with E-state index in [1.54, 1.807) is 11.7 Å². The molecule has 0 saturated heterocycles. The highest BCUT2D eigenvalue weighted by molar-refractivity contribution is 7.71. The average Bonchev–Trinajstić information content (AvgIpc) is 3.00. The molecule has 4 bridgehead atoms. The number of nitrogens with one attached hydrogen (secondary N) is 2. The Morgan fingerprint density at radius 2 is 1.82 bits per heavy atom. The molecule has 1 amide bonds. The van der Waals surface area contributed by atoms with Gasteiger partial charge in [0.15, 0.2) is 10.6 Å². The van der Waals surface area contributed by atoms with Crippen LogP contribution in [0.5, 0.6) is 5.75 Å². The standard InChI is InChI=1S/C21H26N4O2S/c1-27-17-4-2-16(3-5-17)19-23-24-20(28)25(19)12-18(26)22-21-9-13-6-14(10-21)8-15(7-13)11-21/h2-5,13-15H,6-12H2,1H3,(H,22,26)(H,24,28). The molecule has 4 aliphatic rings. The average molecular weight is 399 g/mol. The summed E-state index contributed by atoms with van der Waals surface area (Å²) >= 11 is 5.40. The van der Waals surface area contributed by atoms with Crippen molar-refractivity contribution >= 4 is 18.1 Å². The lowest BCUT2D eigenvalue weighted by molar-refractivity contribution is -0.127. The Bertz CT molecular complexity index is 911. The normalized spacial score (nSPS) is 30.4. The van der Waals surface area contributed by atoms with Crippen LogP contribution in [-0.2, 0) is 11.3 Å². The van der Waals surface area contributed by atoms with Crippen LogP contribution in [0.4, 0.5) is 0 Å². The molecule has 7 heteroatoms. The number of rotatable bonds is 5. The van der Waals surface area contributed by atoms with Gasteiger partial charge in [0.25, 0.3) is 0 Å². The second kappa shape index (κ2) is 6.72. The first-order valence-corrected chi connectivity index (χ1v) is 10.5. The third-order valence-electron chi connectivity index (χ3n) is 6.85. The fourth-order valence-electron chi connectivity index (χ4n) is 6.17. The molecule has 0 spiro atoms. The van der Waals surface area contributed by atoms with Crippen LogP contribution in [0, 0.1) is 22.5 Å². The molecule has 0 atom stereocenters. The van der Waals surface area contributed by atoms with Gasteiger partial charge in [-0.3, -0.25) is 14.5 Å². The molecule has 148 valence electrons. The lowest BCUT2D eigenvalue weighted by Gasteiger charge is -2.56. The Balaban J connectivity index is 1.34. The van der Waals surface area contributed by atoms with Crippen molar-refractivity contribution < 1.29 is 9.53 Å². The van der Waals surface area contributed by atoms with E-state index in [1.807, 2.05) is 24.3 Å². The van der Waals surface area contributed by atoms with E-state index in [2.05, 4.69) is 15.5 Å². The van der Waals surface area contributed by atoms with Gasteiger partial charge < -0.3 is 10.1 Å². The summed E-state index contributed by atoms with van der Waals surface area (Å²) < 4.78 is 7.47. The summed E-state index contributed by atoms with van der Waals surface area (Å²) in [5.74, 6) is 3.90. The zero-order valence-electron chi connectivity index (χ0n) is 16.1. The first kappa shape index (κ1) is 17.9. The maximum absolute atomic E-state index is 13.0. The van der Waals surface area contributed by atoms with Crippen LogP contribution in [0.1, 0.15) is 38.5 Å². The van der Waals surface area contributed by atoms with Gasteiger partial charge in [-0.05, 0) is 92.8 Å². The number of amides is 1. The van der Waals surface area contributed by atoms with Crippen molar-refractivity contribution in [3.05, 3.63) is 29.0 Å². The highest BCUT2D eigenvalue weighted by atomic mass is 32.1. The SMILES string of the molecule is COc1ccc(-c2n[nH]c(=S)n2CC(=O)NC23CC4CC(CC(C4)C2)C3)cc1. The third-order valence-corrected chi connectivity index (χ3v) is 7.16. The number of H-pyrrole nitrogens is 1. The summed E-state index contributed by atoms with van der Waals surface area (Å²) in [7, 11) is 1.64. The van der Waals surface area contributed by atoms with Crippen LogP contribution in [0.15, 0.2) is 24.3 Å². The molecule has 1 aromatic carbocycles. The first-order valence-electron chi connectivity index (χ1n) is 10.1. The van der Waals surface area contributed by atoms with Crippen LogP contribution in [0.3, 0.4) is 0 Å². The molecule has 0 radical (unpaired) electrons. The van der Waals surface area contributed by atoms with Crippen molar-refractivity contribution in [2.45, 2.75) is 50.6 Å². The Hall–Kier alpha value is -2.15. The molecule has 2 N–H and O–H groups in total. The molecule has 1 heterocycles. The quantitative estimate of drug-likeness (QED) is 0.754. The van der Waals surface area contributed by atoms with Gasteiger partial charge in [-0.1, -0.05) is 0 Å². The van der Waals surface area contributed by atoms with E-state index < -0.39 is 0 Å². The van der Waals surface area contributed by atoms with Crippen LogP contribution in [0.2, 0.25) is 0 Å². The number of aromatic amines is 1. The molecular formula is C21H26N4O2S. The molecule has 6 rings (SSSR count). The van der Waals surface area contributed by atoms with Crippen LogP contribution >= 0.6 is 12.2 Å². The van der Waals surface area contributed by atoms with Gasteiger partial charge in [0.1, 0.15) is 12.3 Å². The smallest absolute Gasteiger partial charge is 0.240 e. The molecule has 0 unspecified atom stereocenters. The summed E-state index contributed by atoms with van der Waals surface area (Å²) in [5, 5.41) is 10.6. The zero-order valence-corrected chi connectivity index (χ0v) is 16.9. The van der Waals surface area contributed by atoms with E-state index in [1.165, 1.54) is 19.3 Å². The van der Waals surface area contributed by atoms with Crippen molar-refractivity contribution in [3.63, 3.8) is 0 Å². The van der Waals surface area contributed by atoms with E-state index in [0.29, 0.717) is 10.6 Å². The molecule has 6 nitrogen and oxygen atoms in total.